The Bertz CT molecular complexity index is 1690. The summed E-state index contributed by atoms with van der Waals surface area (Å²) in [4.78, 5) is 35.9. The number of rotatable bonds is 11. The van der Waals surface area contributed by atoms with Gasteiger partial charge in [-0.3, -0.25) is 19.2 Å². The van der Waals surface area contributed by atoms with Crippen molar-refractivity contribution in [3.8, 4) is 17.0 Å². The number of hydrogen-bond donors (Lipinski definition) is 1. The predicted molar refractivity (Wildman–Crippen MR) is 165 cm³/mol. The van der Waals surface area contributed by atoms with Crippen molar-refractivity contribution in [2.45, 2.75) is 43.2 Å². The number of hydrogen-bond acceptors (Lipinski definition) is 10. The molecule has 0 spiro atoms. The Morgan fingerprint density at radius 1 is 1.22 bits per heavy atom. The molecule has 13 nitrogen and oxygen atoms in total. The highest BCUT2D eigenvalue weighted by atomic mass is 32.2. The van der Waals surface area contributed by atoms with Crippen LogP contribution in [0.25, 0.3) is 16.9 Å². The molecule has 0 radical (unpaired) electrons. The van der Waals surface area contributed by atoms with Crippen molar-refractivity contribution in [3.63, 3.8) is 0 Å². The van der Waals surface area contributed by atoms with Crippen LogP contribution in [0.4, 0.5) is 14.5 Å². The normalized spacial score (nSPS) is 16.2. The number of carbonyl (C=O) groups excluding carboxylic acids is 2. The third-order valence-corrected chi connectivity index (χ3v) is 8.78. The summed E-state index contributed by atoms with van der Waals surface area (Å²) in [6.07, 6.45) is 9.33. The Labute approximate surface area is 267 Å². The maximum absolute atomic E-state index is 13.4. The number of thioether (sulfide) groups is 1. The van der Waals surface area contributed by atoms with Gasteiger partial charge < -0.3 is 24.4 Å². The highest BCUT2D eigenvalue weighted by Crippen LogP contribution is 2.38. The monoisotopic (exact) mass is 656 g/mol. The van der Waals surface area contributed by atoms with E-state index in [1.54, 1.807) is 35.5 Å². The van der Waals surface area contributed by atoms with Crippen LogP contribution in [0.2, 0.25) is 0 Å². The molecule has 6 rings (SSSR count). The standard InChI is InChI=1S/C30H34F2N8O5S/c1-37(18-26-43-12-13-44-26)19-6-10-38(11-7-19)25(41)17-39-16-23(35-29(42)22-15-34-40-9-3-8-33-28(22)40)27(36-39)21-14-20(46-2)4-5-24(21)45-30(31)32/h3-5,8-9,14-16,19,26,30H,6-7,10-13,17-18H2,1-2H3,(H,35,42). The Hall–Kier alpha value is -4.12. The second kappa shape index (κ2) is 14.1. The molecule has 0 saturated carbocycles. The van der Waals surface area contributed by atoms with Crippen molar-refractivity contribution in [1.29, 1.82) is 0 Å². The molecule has 2 aliphatic rings. The fourth-order valence-corrected chi connectivity index (χ4v) is 6.12. The topological polar surface area (TPSA) is 128 Å². The maximum Gasteiger partial charge on any atom is 0.387 e. The summed E-state index contributed by atoms with van der Waals surface area (Å²) in [5.74, 6) is -0.792. The van der Waals surface area contributed by atoms with Gasteiger partial charge in [-0.2, -0.15) is 19.0 Å². The van der Waals surface area contributed by atoms with Crippen LogP contribution in [0.3, 0.4) is 0 Å². The molecule has 0 bridgehead atoms. The van der Waals surface area contributed by atoms with Crippen molar-refractivity contribution >= 4 is 34.9 Å². The molecule has 2 saturated heterocycles. The van der Waals surface area contributed by atoms with Crippen LogP contribution < -0.4 is 10.1 Å². The van der Waals surface area contributed by atoms with Crippen LogP contribution in [0.1, 0.15) is 23.2 Å². The van der Waals surface area contributed by atoms with Gasteiger partial charge in [-0.25, -0.2) is 9.50 Å². The highest BCUT2D eigenvalue weighted by Gasteiger charge is 2.29. The summed E-state index contributed by atoms with van der Waals surface area (Å²) in [6.45, 7) is -0.169. The molecule has 0 aliphatic carbocycles. The Morgan fingerprint density at radius 2 is 2.00 bits per heavy atom. The number of likely N-dealkylation sites (N-methyl/N-ethyl adjacent to an activating group) is 1. The van der Waals surface area contributed by atoms with E-state index in [-0.39, 0.29) is 47.0 Å². The first-order valence-corrected chi connectivity index (χ1v) is 16.0. The Morgan fingerprint density at radius 3 is 2.74 bits per heavy atom. The minimum atomic E-state index is -3.08. The molecule has 46 heavy (non-hydrogen) atoms. The molecule has 3 aromatic heterocycles. The van der Waals surface area contributed by atoms with Gasteiger partial charge in [0.1, 0.15) is 23.6 Å². The van der Waals surface area contributed by atoms with E-state index in [0.29, 0.717) is 44.5 Å². The first kappa shape index (κ1) is 31.8. The van der Waals surface area contributed by atoms with Crippen molar-refractivity contribution in [2.24, 2.45) is 0 Å². The number of alkyl halides is 2. The van der Waals surface area contributed by atoms with Crippen LogP contribution in [0, 0.1) is 0 Å². The minimum Gasteiger partial charge on any atom is -0.434 e. The molecule has 244 valence electrons. The van der Waals surface area contributed by atoms with E-state index in [2.05, 4.69) is 25.4 Å². The van der Waals surface area contributed by atoms with E-state index in [0.717, 1.165) is 17.7 Å². The molecule has 0 unspecified atom stereocenters. The van der Waals surface area contributed by atoms with Crippen LogP contribution in [-0.4, -0.2) is 111 Å². The Balaban J connectivity index is 1.23. The molecule has 2 fully saturated rings. The second-order valence-electron chi connectivity index (χ2n) is 11.0. The lowest BCUT2D eigenvalue weighted by Gasteiger charge is -2.37. The van der Waals surface area contributed by atoms with E-state index in [4.69, 9.17) is 14.2 Å². The summed E-state index contributed by atoms with van der Waals surface area (Å²) < 4.78 is 45.6. The fraction of sp³-hybridized carbons (Fsp3) is 0.433. The number of amides is 2. The second-order valence-corrected chi connectivity index (χ2v) is 11.8. The quantitative estimate of drug-likeness (QED) is 0.240. The third-order valence-electron chi connectivity index (χ3n) is 8.06. The van der Waals surface area contributed by atoms with Gasteiger partial charge in [-0.05, 0) is 50.4 Å². The fourth-order valence-electron chi connectivity index (χ4n) is 5.68. The summed E-state index contributed by atoms with van der Waals surface area (Å²) in [7, 11) is 2.04. The predicted octanol–water partition coefficient (Wildman–Crippen LogP) is 3.46. The van der Waals surface area contributed by atoms with Gasteiger partial charge in [0.15, 0.2) is 11.9 Å². The molecule has 2 aliphatic heterocycles. The lowest BCUT2D eigenvalue weighted by molar-refractivity contribution is -0.134. The molecule has 0 atom stereocenters. The van der Waals surface area contributed by atoms with Gasteiger partial charge in [0.25, 0.3) is 5.91 Å². The van der Waals surface area contributed by atoms with Gasteiger partial charge in [-0.15, -0.1) is 11.8 Å². The first-order valence-electron chi connectivity index (χ1n) is 14.8. The van der Waals surface area contributed by atoms with Crippen molar-refractivity contribution < 1.29 is 32.6 Å². The first-order chi connectivity index (χ1) is 22.3. The lowest BCUT2D eigenvalue weighted by atomic mass is 10.0. The number of benzene rings is 1. The van der Waals surface area contributed by atoms with E-state index < -0.39 is 12.5 Å². The van der Waals surface area contributed by atoms with E-state index in [9.17, 15) is 18.4 Å². The minimum absolute atomic E-state index is 0.112. The van der Waals surface area contributed by atoms with E-state index in [1.807, 2.05) is 13.3 Å². The average Bonchev–Trinajstić information content (AvgIpc) is 3.81. The molecule has 16 heteroatoms. The highest BCUT2D eigenvalue weighted by molar-refractivity contribution is 7.98. The van der Waals surface area contributed by atoms with Gasteiger partial charge in [0.2, 0.25) is 5.91 Å². The number of fused-ring (bicyclic) bond motifs is 1. The van der Waals surface area contributed by atoms with Gasteiger partial charge in [0, 0.05) is 54.7 Å². The number of ether oxygens (including phenoxy) is 3. The molecule has 2 amide bonds. The SMILES string of the molecule is CSc1ccc(OC(F)F)c(-c2nn(CC(=O)N3CCC(N(C)CC4OCCO4)CC3)cc2NC(=O)c2cnn3cccnc23)c1. The largest absolute Gasteiger partial charge is 0.434 e. The number of anilines is 1. The molecule has 4 aromatic rings. The maximum atomic E-state index is 13.4. The van der Waals surface area contributed by atoms with Crippen molar-refractivity contribution in [1.82, 2.24) is 34.2 Å². The zero-order valence-corrected chi connectivity index (χ0v) is 26.2. The number of likely N-dealkylation sites (tertiary alicyclic amines) is 1. The van der Waals surface area contributed by atoms with Crippen LogP contribution in [-0.2, 0) is 20.8 Å². The van der Waals surface area contributed by atoms with Gasteiger partial charge in [-0.1, -0.05) is 0 Å². The number of piperidine rings is 1. The summed E-state index contributed by atoms with van der Waals surface area (Å²) in [5, 5.41) is 11.6. The molecule has 1 aromatic carbocycles. The summed E-state index contributed by atoms with van der Waals surface area (Å²) in [5.41, 5.74) is 1.17. The summed E-state index contributed by atoms with van der Waals surface area (Å²) in [6, 6.07) is 6.73. The van der Waals surface area contributed by atoms with Crippen LogP contribution in [0.15, 0.2) is 53.9 Å². The van der Waals surface area contributed by atoms with E-state index >= 15 is 0 Å². The zero-order chi connectivity index (χ0) is 32.2. The average molecular weight is 657 g/mol. The van der Waals surface area contributed by atoms with Gasteiger partial charge >= 0.3 is 6.61 Å². The Kier molecular flexibility index (Phi) is 9.77. The lowest BCUT2D eigenvalue weighted by Crippen LogP contribution is -2.48. The third kappa shape index (κ3) is 7.14. The van der Waals surface area contributed by atoms with Crippen molar-refractivity contribution in [3.05, 3.63) is 54.6 Å². The van der Waals surface area contributed by atoms with Gasteiger partial charge in [0.05, 0.1) is 25.1 Å². The molecular weight excluding hydrogens is 622 g/mol. The van der Waals surface area contributed by atoms with Crippen LogP contribution >= 0.6 is 11.8 Å². The zero-order valence-electron chi connectivity index (χ0n) is 25.3. The number of carbonyl (C=O) groups is 2. The molecular formula is C30H34F2N8O5S. The summed E-state index contributed by atoms with van der Waals surface area (Å²) >= 11 is 1.41. The number of aromatic nitrogens is 5. The van der Waals surface area contributed by atoms with E-state index in [1.165, 1.54) is 39.4 Å². The molecule has 1 N–H and O–H groups in total. The number of halogens is 2. The number of nitrogens with zero attached hydrogens (tertiary/aromatic N) is 7. The smallest absolute Gasteiger partial charge is 0.387 e. The van der Waals surface area contributed by atoms with Crippen LogP contribution in [0.5, 0.6) is 5.75 Å². The molecule has 5 heterocycles. The number of nitrogens with one attached hydrogen (secondary N) is 1. The van der Waals surface area contributed by atoms with Crippen molar-refractivity contribution in [2.75, 3.05) is 51.5 Å².